The lowest BCUT2D eigenvalue weighted by molar-refractivity contribution is 0.101. The van der Waals surface area contributed by atoms with Gasteiger partial charge >= 0.3 is 0 Å². The first-order valence-electron chi connectivity index (χ1n) is 5.82. The highest BCUT2D eigenvalue weighted by Gasteiger charge is 2.06. The zero-order valence-electron chi connectivity index (χ0n) is 10.2. The molecular formula is C14H15NO2S. The van der Waals surface area contributed by atoms with Gasteiger partial charge in [-0.05, 0) is 43.3 Å². The quantitative estimate of drug-likeness (QED) is 0.640. The molecule has 3 nitrogen and oxygen atoms in total. The molecule has 1 N–H and O–H groups in total. The summed E-state index contributed by atoms with van der Waals surface area (Å²) in [5.41, 5.74) is 0.661. The van der Waals surface area contributed by atoms with Crippen molar-refractivity contribution in [1.82, 2.24) is 4.98 Å². The Morgan fingerprint density at radius 3 is 2.67 bits per heavy atom. The van der Waals surface area contributed by atoms with E-state index >= 15 is 0 Å². The predicted molar refractivity (Wildman–Crippen MR) is 73.5 cm³/mol. The molecule has 2 rings (SSSR count). The second-order valence-corrected chi connectivity index (χ2v) is 4.75. The summed E-state index contributed by atoms with van der Waals surface area (Å²) < 4.78 is 5.36. The van der Waals surface area contributed by atoms with E-state index in [0.717, 1.165) is 10.6 Å². The highest BCUT2D eigenvalue weighted by Crippen LogP contribution is 2.22. The Morgan fingerprint density at radius 2 is 2.06 bits per heavy atom. The SMILES string of the molecule is CCOc1ccc(SCC(=O)c2ccc[nH]2)cc1. The fraction of sp³-hybridized carbons (Fsp3) is 0.214. The number of Topliss-reactive ketones (excluding diaryl/α,β-unsaturated/α-hetero) is 1. The van der Waals surface area contributed by atoms with E-state index in [0.29, 0.717) is 18.1 Å². The molecule has 0 aliphatic heterocycles. The van der Waals surface area contributed by atoms with Crippen LogP contribution < -0.4 is 4.74 Å². The minimum atomic E-state index is 0.110. The lowest BCUT2D eigenvalue weighted by Gasteiger charge is -2.04. The van der Waals surface area contributed by atoms with E-state index in [-0.39, 0.29) is 5.78 Å². The maximum atomic E-state index is 11.8. The molecule has 18 heavy (non-hydrogen) atoms. The van der Waals surface area contributed by atoms with Crippen molar-refractivity contribution < 1.29 is 9.53 Å². The van der Waals surface area contributed by atoms with Gasteiger partial charge in [0.25, 0.3) is 0 Å². The van der Waals surface area contributed by atoms with E-state index in [2.05, 4.69) is 4.98 Å². The molecule has 0 unspecified atom stereocenters. The van der Waals surface area contributed by atoms with Gasteiger partial charge in [0.15, 0.2) is 5.78 Å². The average Bonchev–Trinajstić information content (AvgIpc) is 2.92. The van der Waals surface area contributed by atoms with Crippen LogP contribution in [-0.4, -0.2) is 23.1 Å². The van der Waals surface area contributed by atoms with Crippen LogP contribution in [-0.2, 0) is 0 Å². The molecule has 0 aliphatic rings. The monoisotopic (exact) mass is 261 g/mol. The molecule has 0 bridgehead atoms. The van der Waals surface area contributed by atoms with E-state index in [9.17, 15) is 4.79 Å². The molecule has 0 atom stereocenters. The fourth-order valence-corrected chi connectivity index (χ4v) is 2.31. The van der Waals surface area contributed by atoms with Crippen molar-refractivity contribution in [3.8, 4) is 5.75 Å². The topological polar surface area (TPSA) is 42.1 Å². The number of hydrogen-bond donors (Lipinski definition) is 1. The number of carbonyl (C=O) groups is 1. The standard InChI is InChI=1S/C14H15NO2S/c1-2-17-11-5-7-12(8-6-11)18-10-14(16)13-4-3-9-15-13/h3-9,15H,2,10H2,1H3. The van der Waals surface area contributed by atoms with E-state index in [1.54, 1.807) is 12.3 Å². The Bertz CT molecular complexity index is 491. The van der Waals surface area contributed by atoms with Crippen molar-refractivity contribution in [2.45, 2.75) is 11.8 Å². The number of nitrogens with one attached hydrogen (secondary N) is 1. The largest absolute Gasteiger partial charge is 0.494 e. The lowest BCUT2D eigenvalue weighted by atomic mass is 10.3. The van der Waals surface area contributed by atoms with Crippen LogP contribution in [0.3, 0.4) is 0 Å². The van der Waals surface area contributed by atoms with Gasteiger partial charge in [-0.3, -0.25) is 4.79 Å². The smallest absolute Gasteiger partial charge is 0.189 e. The number of H-pyrrole nitrogens is 1. The maximum absolute atomic E-state index is 11.8. The van der Waals surface area contributed by atoms with Crippen LogP contribution in [0.25, 0.3) is 0 Å². The molecule has 0 radical (unpaired) electrons. The van der Waals surface area contributed by atoms with Crippen molar-refractivity contribution in [2.75, 3.05) is 12.4 Å². The summed E-state index contributed by atoms with van der Waals surface area (Å²) >= 11 is 1.53. The van der Waals surface area contributed by atoms with Crippen molar-refractivity contribution in [2.24, 2.45) is 0 Å². The third-order valence-corrected chi connectivity index (χ3v) is 3.42. The number of carbonyl (C=O) groups excluding carboxylic acids is 1. The fourth-order valence-electron chi connectivity index (χ4n) is 1.53. The van der Waals surface area contributed by atoms with Crippen molar-refractivity contribution in [3.05, 3.63) is 48.3 Å². The first kappa shape index (κ1) is 12.8. The summed E-state index contributed by atoms with van der Waals surface area (Å²) in [7, 11) is 0. The highest BCUT2D eigenvalue weighted by molar-refractivity contribution is 8.00. The first-order valence-corrected chi connectivity index (χ1v) is 6.80. The van der Waals surface area contributed by atoms with Gasteiger partial charge < -0.3 is 9.72 Å². The summed E-state index contributed by atoms with van der Waals surface area (Å²) in [5.74, 6) is 1.41. The summed E-state index contributed by atoms with van der Waals surface area (Å²) in [5, 5.41) is 0. The van der Waals surface area contributed by atoms with Crippen molar-refractivity contribution in [1.29, 1.82) is 0 Å². The number of benzene rings is 1. The number of hydrogen-bond acceptors (Lipinski definition) is 3. The number of ether oxygens (including phenoxy) is 1. The number of rotatable bonds is 6. The van der Waals surface area contributed by atoms with Crippen LogP contribution in [0, 0.1) is 0 Å². The van der Waals surface area contributed by atoms with Crippen LogP contribution >= 0.6 is 11.8 Å². The number of aromatic nitrogens is 1. The minimum absolute atomic E-state index is 0.110. The zero-order chi connectivity index (χ0) is 12.8. The Balaban J connectivity index is 1.88. The van der Waals surface area contributed by atoms with Gasteiger partial charge in [0.05, 0.1) is 18.1 Å². The van der Waals surface area contributed by atoms with Gasteiger partial charge in [0.1, 0.15) is 5.75 Å². The molecular weight excluding hydrogens is 246 g/mol. The van der Waals surface area contributed by atoms with Crippen LogP contribution in [0.4, 0.5) is 0 Å². The van der Waals surface area contributed by atoms with E-state index in [4.69, 9.17) is 4.74 Å². The van der Waals surface area contributed by atoms with Gasteiger partial charge in [0, 0.05) is 11.1 Å². The highest BCUT2D eigenvalue weighted by atomic mass is 32.2. The molecule has 1 heterocycles. The molecule has 94 valence electrons. The van der Waals surface area contributed by atoms with Gasteiger partial charge in [-0.15, -0.1) is 11.8 Å². The maximum Gasteiger partial charge on any atom is 0.189 e. The Kier molecular flexibility index (Phi) is 4.47. The molecule has 0 saturated heterocycles. The van der Waals surface area contributed by atoms with E-state index < -0.39 is 0 Å². The molecule has 0 spiro atoms. The van der Waals surface area contributed by atoms with Gasteiger partial charge in [0.2, 0.25) is 0 Å². The molecule has 0 fully saturated rings. The molecule has 0 aliphatic carbocycles. The molecule has 0 saturated carbocycles. The summed E-state index contributed by atoms with van der Waals surface area (Å²) in [6, 6.07) is 11.4. The first-order chi connectivity index (χ1) is 8.79. The Hall–Kier alpha value is -1.68. The Morgan fingerprint density at radius 1 is 1.28 bits per heavy atom. The zero-order valence-corrected chi connectivity index (χ0v) is 11.0. The molecule has 2 aromatic rings. The van der Waals surface area contributed by atoms with Gasteiger partial charge in [-0.25, -0.2) is 0 Å². The molecule has 4 heteroatoms. The predicted octanol–water partition coefficient (Wildman–Crippen LogP) is 3.39. The lowest BCUT2D eigenvalue weighted by Crippen LogP contribution is -2.02. The van der Waals surface area contributed by atoms with Gasteiger partial charge in [-0.2, -0.15) is 0 Å². The van der Waals surface area contributed by atoms with Crippen LogP contribution in [0.1, 0.15) is 17.4 Å². The average molecular weight is 261 g/mol. The van der Waals surface area contributed by atoms with E-state index in [1.807, 2.05) is 37.3 Å². The number of thioether (sulfide) groups is 1. The van der Waals surface area contributed by atoms with Crippen LogP contribution in [0.15, 0.2) is 47.5 Å². The molecule has 1 aromatic carbocycles. The third kappa shape index (κ3) is 3.40. The molecule has 1 aromatic heterocycles. The number of ketones is 1. The molecule has 0 amide bonds. The van der Waals surface area contributed by atoms with Gasteiger partial charge in [-0.1, -0.05) is 0 Å². The number of aromatic amines is 1. The van der Waals surface area contributed by atoms with Crippen LogP contribution in [0.2, 0.25) is 0 Å². The minimum Gasteiger partial charge on any atom is -0.494 e. The second-order valence-electron chi connectivity index (χ2n) is 3.70. The van der Waals surface area contributed by atoms with Crippen LogP contribution in [0.5, 0.6) is 5.75 Å². The summed E-state index contributed by atoms with van der Waals surface area (Å²) in [6.07, 6.45) is 1.76. The normalized spacial score (nSPS) is 10.3. The van der Waals surface area contributed by atoms with Crippen molar-refractivity contribution >= 4 is 17.5 Å². The second kappa shape index (κ2) is 6.31. The Labute approximate surface area is 111 Å². The van der Waals surface area contributed by atoms with Crippen molar-refractivity contribution in [3.63, 3.8) is 0 Å². The third-order valence-electron chi connectivity index (χ3n) is 2.40. The summed E-state index contributed by atoms with van der Waals surface area (Å²) in [6.45, 7) is 2.62. The summed E-state index contributed by atoms with van der Waals surface area (Å²) in [4.78, 5) is 15.8. The van der Waals surface area contributed by atoms with E-state index in [1.165, 1.54) is 11.8 Å².